The van der Waals surface area contributed by atoms with Gasteiger partial charge in [0, 0.05) is 64.6 Å². The third kappa shape index (κ3) is 9.48. The van der Waals surface area contributed by atoms with Crippen LogP contribution in [0.4, 0.5) is 0 Å². The summed E-state index contributed by atoms with van der Waals surface area (Å²) in [5, 5.41) is 0. The van der Waals surface area contributed by atoms with Crippen molar-refractivity contribution in [1.29, 1.82) is 0 Å². The zero-order chi connectivity index (χ0) is 41.4. The molecule has 0 saturated carbocycles. The van der Waals surface area contributed by atoms with Gasteiger partial charge in [0.2, 0.25) is 0 Å². The van der Waals surface area contributed by atoms with Crippen LogP contribution < -0.4 is 22.9 Å². The highest BCUT2D eigenvalue weighted by Gasteiger charge is 2.50. The minimum atomic E-state index is -2.70. The molecule has 4 rings (SSSR count). The predicted molar refractivity (Wildman–Crippen MR) is 232 cm³/mol. The van der Waals surface area contributed by atoms with Crippen LogP contribution in [0.5, 0.6) is 0 Å². The second kappa shape index (κ2) is 19.8. The fourth-order valence-corrected chi connectivity index (χ4v) is 9.69. The van der Waals surface area contributed by atoms with Crippen molar-refractivity contribution in [3.05, 3.63) is 105 Å². The van der Waals surface area contributed by atoms with E-state index in [4.69, 9.17) is 42.0 Å². The molecule has 2 heterocycles. The van der Waals surface area contributed by atoms with Gasteiger partial charge in [0.1, 0.15) is 0 Å². The monoisotopic (exact) mass is 784 g/mol. The first-order valence-electron chi connectivity index (χ1n) is 20.6. The van der Waals surface area contributed by atoms with Gasteiger partial charge in [0.25, 0.3) is 0 Å². The molecule has 0 aliphatic carbocycles. The summed E-state index contributed by atoms with van der Waals surface area (Å²) < 4.78 is 28.6. The quantitative estimate of drug-likeness (QED) is 0.0638. The number of rotatable bonds is 20. The van der Waals surface area contributed by atoms with Crippen molar-refractivity contribution in [2.45, 2.75) is 145 Å². The molecule has 8 N–H and O–H groups in total. The maximum Gasteiger partial charge on any atom is 0.699 e. The summed E-state index contributed by atoms with van der Waals surface area (Å²) in [5.74, 6) is 0.757. The molecule has 10 heteroatoms. The molecule has 56 heavy (non-hydrogen) atoms. The van der Waals surface area contributed by atoms with Crippen molar-refractivity contribution in [2.24, 2.45) is 34.8 Å². The van der Waals surface area contributed by atoms with Crippen LogP contribution in [-0.4, -0.2) is 9.97 Å². The maximum absolute atomic E-state index is 14.9. The number of nitrogens with zero attached hydrogens (tertiary/aromatic N) is 2. The van der Waals surface area contributed by atoms with Crippen molar-refractivity contribution in [1.82, 2.24) is 9.97 Å². The molecule has 0 atom stereocenters. The van der Waals surface area contributed by atoms with Crippen LogP contribution in [0.25, 0.3) is 22.3 Å². The van der Waals surface area contributed by atoms with Crippen LogP contribution in [-0.2, 0) is 63.8 Å². The SMILES string of the molecule is CCC(CC)(O[P+](=O)OC(CC)(CC)c1c(C)nc(CC(C)C)c(CN)c1-c1ccc(CN)cc1)c1c(C)nc(CC(C)C)c(CN)c1-c1ccc(CN)cc1. The molecule has 2 aromatic carbocycles. The third-order valence-electron chi connectivity index (χ3n) is 11.4. The number of hydrogen-bond donors (Lipinski definition) is 4. The van der Waals surface area contributed by atoms with E-state index in [0.717, 1.165) is 91.3 Å². The first-order chi connectivity index (χ1) is 26.7. The van der Waals surface area contributed by atoms with E-state index in [1.807, 2.05) is 13.8 Å². The lowest BCUT2D eigenvalue weighted by molar-refractivity contribution is -0.00206. The van der Waals surface area contributed by atoms with Gasteiger partial charge in [-0.1, -0.05) is 104 Å². The molecule has 0 spiro atoms. The van der Waals surface area contributed by atoms with E-state index in [2.05, 4.69) is 104 Å². The number of aryl methyl sites for hydroxylation is 2. The van der Waals surface area contributed by atoms with Crippen LogP contribution >= 0.6 is 8.25 Å². The second-order valence-corrected chi connectivity index (χ2v) is 16.8. The summed E-state index contributed by atoms with van der Waals surface area (Å²) in [6.07, 6.45) is 3.69. The van der Waals surface area contributed by atoms with E-state index in [9.17, 15) is 4.57 Å². The van der Waals surface area contributed by atoms with Gasteiger partial charge in [-0.25, -0.2) is 0 Å². The maximum atomic E-state index is 14.9. The fraction of sp³-hybridized carbons (Fsp3) is 0.522. The second-order valence-electron chi connectivity index (χ2n) is 16.0. The Labute approximate surface area is 337 Å². The minimum Gasteiger partial charge on any atom is -0.326 e. The highest BCUT2D eigenvalue weighted by atomic mass is 31.1. The zero-order valence-corrected chi connectivity index (χ0v) is 36.6. The van der Waals surface area contributed by atoms with E-state index in [0.29, 0.717) is 63.7 Å². The summed E-state index contributed by atoms with van der Waals surface area (Å²) in [6.45, 7) is 22.6. The molecule has 0 aliphatic heterocycles. The number of benzene rings is 2. The van der Waals surface area contributed by atoms with Crippen LogP contribution in [0.3, 0.4) is 0 Å². The van der Waals surface area contributed by atoms with Gasteiger partial charge in [-0.05, 0) is 109 Å². The Hall–Kier alpha value is -3.40. The molecule has 4 aromatic rings. The summed E-state index contributed by atoms with van der Waals surface area (Å²) in [7, 11) is -2.70. The largest absolute Gasteiger partial charge is 0.699 e. The average molecular weight is 784 g/mol. The van der Waals surface area contributed by atoms with E-state index in [-0.39, 0.29) is 0 Å². The molecule has 0 radical (unpaired) electrons. The number of aromatic nitrogens is 2. The van der Waals surface area contributed by atoms with Crippen molar-refractivity contribution in [3.8, 4) is 22.3 Å². The van der Waals surface area contributed by atoms with E-state index >= 15 is 0 Å². The fourth-order valence-electron chi connectivity index (χ4n) is 8.38. The molecule has 0 saturated heterocycles. The Morgan fingerprint density at radius 2 is 0.893 bits per heavy atom. The molecule has 2 aromatic heterocycles. The van der Waals surface area contributed by atoms with Gasteiger partial charge < -0.3 is 22.9 Å². The summed E-state index contributed by atoms with van der Waals surface area (Å²) in [6, 6.07) is 16.6. The number of nitrogens with two attached hydrogens (primary N) is 4. The Morgan fingerprint density at radius 3 is 1.14 bits per heavy atom. The smallest absolute Gasteiger partial charge is 0.326 e. The predicted octanol–water partition coefficient (Wildman–Crippen LogP) is 10.1. The molecule has 304 valence electrons. The van der Waals surface area contributed by atoms with Crippen molar-refractivity contribution < 1.29 is 13.6 Å². The van der Waals surface area contributed by atoms with Crippen molar-refractivity contribution >= 4 is 8.25 Å². The third-order valence-corrected chi connectivity index (χ3v) is 12.4. The normalized spacial score (nSPS) is 12.3. The standard InChI is InChI=1S/C46H68N6O3P/c1-11-45(12-2,43-31(9)51-39(23-29(5)6)37(27-49)41(43)35-19-15-33(25-47)16-20-35)54-56(53)55-46(13-3,14-4)44-32(10)52-40(24-30(7)8)38(28-50)42(44)36-21-17-34(26-48)18-22-36/h15-22,29-30H,11-14,23-28,47-50H2,1-10H3/q+1. The molecule has 0 amide bonds. The van der Waals surface area contributed by atoms with Crippen LogP contribution in [0, 0.1) is 25.7 Å². The van der Waals surface area contributed by atoms with Crippen molar-refractivity contribution in [2.75, 3.05) is 0 Å². The number of pyridine rings is 2. The molecule has 0 bridgehead atoms. The summed E-state index contributed by atoms with van der Waals surface area (Å²) in [4.78, 5) is 10.4. The minimum absolute atomic E-state index is 0.300. The van der Waals surface area contributed by atoms with Gasteiger partial charge in [-0.2, -0.15) is 0 Å². The van der Waals surface area contributed by atoms with E-state index in [1.165, 1.54) is 0 Å². The molecule has 0 aliphatic rings. The van der Waals surface area contributed by atoms with Gasteiger partial charge in [0.15, 0.2) is 11.2 Å². The van der Waals surface area contributed by atoms with E-state index in [1.54, 1.807) is 0 Å². The van der Waals surface area contributed by atoms with Crippen LogP contribution in [0.1, 0.15) is 137 Å². The Balaban J connectivity index is 1.95. The molecule has 0 unspecified atom stereocenters. The molecular weight excluding hydrogens is 716 g/mol. The highest BCUT2D eigenvalue weighted by molar-refractivity contribution is 7.33. The molecular formula is C46H68N6O3P+. The first-order valence-corrected chi connectivity index (χ1v) is 21.7. The zero-order valence-electron chi connectivity index (χ0n) is 35.7. The topological polar surface area (TPSA) is 165 Å². The lowest BCUT2D eigenvalue weighted by Gasteiger charge is -2.34. The Bertz CT molecular complexity index is 1800. The molecule has 9 nitrogen and oxygen atoms in total. The van der Waals surface area contributed by atoms with E-state index < -0.39 is 19.5 Å². The summed E-state index contributed by atoms with van der Waals surface area (Å²) >= 11 is 0. The first kappa shape index (κ1) is 45.3. The van der Waals surface area contributed by atoms with Crippen molar-refractivity contribution in [3.63, 3.8) is 0 Å². The highest BCUT2D eigenvalue weighted by Crippen LogP contribution is 2.53. The van der Waals surface area contributed by atoms with Gasteiger partial charge in [-0.3, -0.25) is 9.97 Å². The molecule has 0 fully saturated rings. The van der Waals surface area contributed by atoms with Gasteiger partial charge >= 0.3 is 8.25 Å². The Morgan fingerprint density at radius 1 is 0.571 bits per heavy atom. The van der Waals surface area contributed by atoms with Crippen LogP contribution in [0.2, 0.25) is 0 Å². The lowest BCUT2D eigenvalue weighted by atomic mass is 9.79. The lowest BCUT2D eigenvalue weighted by Crippen LogP contribution is -2.33. The van der Waals surface area contributed by atoms with Gasteiger partial charge in [-0.15, -0.1) is 9.05 Å². The van der Waals surface area contributed by atoms with Crippen LogP contribution in [0.15, 0.2) is 48.5 Å². The average Bonchev–Trinajstić information content (AvgIpc) is 3.18. The van der Waals surface area contributed by atoms with Gasteiger partial charge in [0.05, 0.1) is 0 Å². The Kier molecular flexibility index (Phi) is 16.1. The summed E-state index contributed by atoms with van der Waals surface area (Å²) in [5.41, 5.74) is 36.6. The number of hydrogen-bond acceptors (Lipinski definition) is 9.